The van der Waals surface area contributed by atoms with Crippen LogP contribution in [0.15, 0.2) is 108 Å². The monoisotopic (exact) mass is 622 g/mol. The van der Waals surface area contributed by atoms with Crippen LogP contribution in [-0.4, -0.2) is 53.4 Å². The quantitative estimate of drug-likeness (QED) is 0.139. The van der Waals surface area contributed by atoms with Crippen LogP contribution in [0.3, 0.4) is 0 Å². The Morgan fingerprint density at radius 1 is 0.822 bits per heavy atom. The Hall–Kier alpha value is -5.62. The average molecular weight is 623 g/mol. The van der Waals surface area contributed by atoms with Crippen molar-refractivity contribution in [3.63, 3.8) is 0 Å². The molecule has 0 atom stereocenters. The summed E-state index contributed by atoms with van der Waals surface area (Å²) in [6.07, 6.45) is 1.53. The second kappa shape index (κ2) is 14.7. The van der Waals surface area contributed by atoms with Gasteiger partial charge in [0.05, 0.1) is 32.8 Å². The predicted octanol–water partition coefficient (Wildman–Crippen LogP) is 5.39. The summed E-state index contributed by atoms with van der Waals surface area (Å²) in [6, 6.07) is 29.0. The van der Waals surface area contributed by atoms with E-state index in [2.05, 4.69) is 26.2 Å². The van der Waals surface area contributed by atoms with Crippen LogP contribution in [0.1, 0.15) is 21.7 Å². The van der Waals surface area contributed by atoms with Gasteiger partial charge in [0.2, 0.25) is 0 Å². The minimum atomic E-state index is -0.529. The Kier molecular flexibility index (Phi) is 10.1. The third kappa shape index (κ3) is 7.67. The molecule has 12 heteroatoms. The zero-order chi connectivity index (χ0) is 31.6. The van der Waals surface area contributed by atoms with E-state index in [1.165, 1.54) is 27.4 Å². The van der Waals surface area contributed by atoms with Gasteiger partial charge in [-0.25, -0.2) is 0 Å². The maximum absolute atomic E-state index is 13.6. The summed E-state index contributed by atoms with van der Waals surface area (Å²) in [5.41, 5.74) is 2.32. The molecule has 0 radical (unpaired) electrons. The number of amides is 2. The van der Waals surface area contributed by atoms with Gasteiger partial charge in [-0.1, -0.05) is 36.4 Å². The number of anilines is 1. The first-order chi connectivity index (χ1) is 22.0. The molecule has 5 aromatic rings. The lowest BCUT2D eigenvalue weighted by Gasteiger charge is -2.15. The topological polar surface area (TPSA) is 129 Å². The van der Waals surface area contributed by atoms with Crippen molar-refractivity contribution in [3.8, 4) is 22.9 Å². The van der Waals surface area contributed by atoms with E-state index in [-0.39, 0.29) is 5.70 Å². The van der Waals surface area contributed by atoms with Gasteiger partial charge in [-0.3, -0.25) is 9.59 Å². The van der Waals surface area contributed by atoms with Crippen molar-refractivity contribution in [2.24, 2.45) is 0 Å². The van der Waals surface area contributed by atoms with Crippen LogP contribution < -0.4 is 24.8 Å². The molecule has 228 valence electrons. The Labute approximate surface area is 264 Å². The van der Waals surface area contributed by atoms with Crippen molar-refractivity contribution in [2.45, 2.75) is 10.6 Å². The van der Waals surface area contributed by atoms with Crippen LogP contribution in [0.4, 0.5) is 5.69 Å². The van der Waals surface area contributed by atoms with Crippen molar-refractivity contribution < 1.29 is 23.8 Å². The minimum absolute atomic E-state index is 0.000530. The molecule has 5 rings (SSSR count). The smallest absolute Gasteiger partial charge is 0.272 e. The third-order valence-corrected chi connectivity index (χ3v) is 7.59. The first-order valence-electron chi connectivity index (χ1n) is 13.7. The summed E-state index contributed by atoms with van der Waals surface area (Å²) in [7, 11) is 4.53. The van der Waals surface area contributed by atoms with E-state index in [0.717, 1.165) is 10.6 Å². The lowest BCUT2D eigenvalue weighted by molar-refractivity contribution is -0.113. The molecule has 2 amide bonds. The van der Waals surface area contributed by atoms with Gasteiger partial charge < -0.3 is 24.8 Å². The maximum Gasteiger partial charge on any atom is 0.272 e. The van der Waals surface area contributed by atoms with Gasteiger partial charge in [-0.2, -0.15) is 4.68 Å². The minimum Gasteiger partial charge on any atom is -0.496 e. The molecule has 0 bridgehead atoms. The fourth-order valence-electron chi connectivity index (χ4n) is 4.31. The summed E-state index contributed by atoms with van der Waals surface area (Å²) in [5.74, 6) is 1.59. The number of hydrogen-bond donors (Lipinski definition) is 2. The number of rotatable bonds is 12. The van der Waals surface area contributed by atoms with Crippen molar-refractivity contribution in [1.29, 1.82) is 0 Å². The van der Waals surface area contributed by atoms with E-state index < -0.39 is 11.8 Å². The number of carbonyl (C=O) groups excluding carboxylic acids is 2. The highest BCUT2D eigenvalue weighted by Gasteiger charge is 2.18. The molecular formula is C33H30N6O5S. The fourth-order valence-corrected chi connectivity index (χ4v) is 5.11. The van der Waals surface area contributed by atoms with E-state index in [1.807, 2.05) is 48.5 Å². The number of ether oxygens (including phenoxy) is 3. The van der Waals surface area contributed by atoms with Crippen LogP contribution in [0.5, 0.6) is 17.2 Å². The number of thioether (sulfide) groups is 1. The van der Waals surface area contributed by atoms with Crippen molar-refractivity contribution in [3.05, 3.63) is 120 Å². The summed E-state index contributed by atoms with van der Waals surface area (Å²) >= 11 is 1.56. The second-order valence-corrected chi connectivity index (χ2v) is 10.5. The number of hydrogen-bond acceptors (Lipinski definition) is 9. The normalized spacial score (nSPS) is 11.0. The lowest BCUT2D eigenvalue weighted by Crippen LogP contribution is -2.30. The highest BCUT2D eigenvalue weighted by atomic mass is 32.2. The third-order valence-electron chi connectivity index (χ3n) is 6.58. The van der Waals surface area contributed by atoms with E-state index in [4.69, 9.17) is 14.2 Å². The summed E-state index contributed by atoms with van der Waals surface area (Å²) in [5, 5.41) is 17.7. The number of nitrogens with zero attached hydrogens (tertiary/aromatic N) is 4. The summed E-state index contributed by atoms with van der Waals surface area (Å²) < 4.78 is 18.0. The van der Waals surface area contributed by atoms with Gasteiger partial charge in [0.25, 0.3) is 11.8 Å². The van der Waals surface area contributed by atoms with E-state index in [9.17, 15) is 9.59 Å². The molecule has 1 heterocycles. The SMILES string of the molecule is COc1cc(OC)c(OC)cc1/C=C(\NC(=O)c1ccccc1)C(=O)Nc1ccc(SCc2nnnn2-c2ccccc2)cc1. The molecule has 2 N–H and O–H groups in total. The van der Waals surface area contributed by atoms with E-state index >= 15 is 0 Å². The first kappa shape index (κ1) is 30.8. The molecule has 0 saturated carbocycles. The van der Waals surface area contributed by atoms with Gasteiger partial charge in [-0.05, 0) is 71.1 Å². The second-order valence-electron chi connectivity index (χ2n) is 9.44. The van der Waals surface area contributed by atoms with Crippen LogP contribution in [0.25, 0.3) is 11.8 Å². The highest BCUT2D eigenvalue weighted by Crippen LogP contribution is 2.35. The van der Waals surface area contributed by atoms with Crippen LogP contribution in [0.2, 0.25) is 0 Å². The molecule has 4 aromatic carbocycles. The molecule has 45 heavy (non-hydrogen) atoms. The number of tetrazole rings is 1. The number of para-hydroxylation sites is 1. The molecule has 0 aliphatic heterocycles. The number of methoxy groups -OCH3 is 3. The molecule has 0 saturated heterocycles. The molecular weight excluding hydrogens is 592 g/mol. The molecule has 0 aliphatic rings. The highest BCUT2D eigenvalue weighted by molar-refractivity contribution is 7.98. The zero-order valence-corrected chi connectivity index (χ0v) is 25.6. The van der Waals surface area contributed by atoms with Gasteiger partial charge in [0.15, 0.2) is 17.3 Å². The van der Waals surface area contributed by atoms with Crippen molar-refractivity contribution in [1.82, 2.24) is 25.5 Å². The zero-order valence-electron chi connectivity index (χ0n) is 24.8. The molecule has 0 spiro atoms. The largest absolute Gasteiger partial charge is 0.496 e. The summed E-state index contributed by atoms with van der Waals surface area (Å²) in [6.45, 7) is 0. The van der Waals surface area contributed by atoms with Crippen molar-refractivity contribution >= 4 is 35.3 Å². The number of nitrogens with one attached hydrogen (secondary N) is 2. The van der Waals surface area contributed by atoms with Crippen LogP contribution >= 0.6 is 11.8 Å². The predicted molar refractivity (Wildman–Crippen MR) is 172 cm³/mol. The van der Waals surface area contributed by atoms with Crippen molar-refractivity contribution in [2.75, 3.05) is 26.6 Å². The Morgan fingerprint density at radius 2 is 1.47 bits per heavy atom. The molecule has 0 unspecified atom stereocenters. The van der Waals surface area contributed by atoms with Gasteiger partial charge in [-0.15, -0.1) is 16.9 Å². The Bertz CT molecular complexity index is 1790. The number of benzene rings is 4. The first-order valence-corrected chi connectivity index (χ1v) is 14.7. The van der Waals surface area contributed by atoms with E-state index in [0.29, 0.717) is 45.6 Å². The Morgan fingerprint density at radius 3 is 2.13 bits per heavy atom. The standard InChI is InChI=1S/C33H30N6O5S/c1-42-28-20-30(44-3)29(43-2)19-23(28)18-27(35-32(40)22-10-6-4-7-11-22)33(41)34-24-14-16-26(17-15-24)45-21-31-36-37-38-39(31)25-12-8-5-9-13-25/h4-20H,21H2,1-3H3,(H,34,41)(H,35,40)/b27-18-. The van der Waals surface area contributed by atoms with E-state index in [1.54, 1.807) is 65.0 Å². The van der Waals surface area contributed by atoms with Crippen LogP contribution in [-0.2, 0) is 10.5 Å². The fraction of sp³-hybridized carbons (Fsp3) is 0.121. The van der Waals surface area contributed by atoms with Crippen LogP contribution in [0, 0.1) is 0 Å². The molecule has 0 fully saturated rings. The Balaban J connectivity index is 1.34. The maximum atomic E-state index is 13.6. The molecule has 0 aliphatic carbocycles. The average Bonchev–Trinajstić information content (AvgIpc) is 3.57. The van der Waals surface area contributed by atoms with Gasteiger partial charge >= 0.3 is 0 Å². The number of carbonyl (C=O) groups is 2. The summed E-state index contributed by atoms with van der Waals surface area (Å²) in [4.78, 5) is 27.6. The number of aromatic nitrogens is 4. The lowest BCUT2D eigenvalue weighted by atomic mass is 10.1. The van der Waals surface area contributed by atoms with Gasteiger partial charge in [0, 0.05) is 27.8 Å². The molecule has 11 nitrogen and oxygen atoms in total. The molecule has 1 aromatic heterocycles. The van der Waals surface area contributed by atoms with Gasteiger partial charge in [0.1, 0.15) is 11.4 Å².